The second-order valence-electron chi connectivity index (χ2n) is 18.4. The van der Waals surface area contributed by atoms with Crippen molar-refractivity contribution in [1.29, 1.82) is 0 Å². The molecule has 0 bridgehead atoms. The molecule has 412 valence electrons. The van der Waals surface area contributed by atoms with Crippen LogP contribution in [0.2, 0.25) is 0 Å². The number of hydrogen-bond donors (Lipinski definition) is 0. The van der Waals surface area contributed by atoms with Gasteiger partial charge in [-0.2, -0.15) is 0 Å². The first-order valence-electron chi connectivity index (χ1n) is 29.1. The summed E-state index contributed by atoms with van der Waals surface area (Å²) >= 11 is 0. The van der Waals surface area contributed by atoms with E-state index in [0.29, 0.717) is 12.8 Å². The van der Waals surface area contributed by atoms with Crippen molar-refractivity contribution in [1.82, 2.24) is 0 Å². The predicted octanol–water partition coefficient (Wildman–Crippen LogP) is 19.9. The minimum atomic E-state index is -0.834. The molecule has 0 aliphatic rings. The molecular formula is C68H104O6. The zero-order valence-corrected chi connectivity index (χ0v) is 47.0. The Morgan fingerprint density at radius 3 is 0.905 bits per heavy atom. The van der Waals surface area contributed by atoms with Crippen molar-refractivity contribution in [3.63, 3.8) is 0 Å². The van der Waals surface area contributed by atoms with Gasteiger partial charge in [-0.05, 0) is 135 Å². The third kappa shape index (κ3) is 57.7. The van der Waals surface area contributed by atoms with Gasteiger partial charge in [0, 0.05) is 19.3 Å². The van der Waals surface area contributed by atoms with Gasteiger partial charge < -0.3 is 14.2 Å². The second-order valence-corrected chi connectivity index (χ2v) is 18.4. The van der Waals surface area contributed by atoms with Crippen molar-refractivity contribution in [2.75, 3.05) is 13.2 Å². The third-order valence-electron chi connectivity index (χ3n) is 11.4. The molecule has 0 rings (SSSR count). The standard InChI is InChI=1S/C68H104O6/c1-4-7-10-13-16-19-22-25-27-28-29-30-31-32-33-34-35-36-37-38-39-40-41-44-46-49-52-55-58-61-67(70)73-64-65(63-72-66(69)60-57-54-51-48-45-42-24-21-18-15-12-9-6-3)74-68(71)62-59-56-53-50-47-43-26-23-20-17-14-11-8-5-2/h7,9-10,12,14,16-19,21,23,25-27,29-30,32-33,35-36,38-39,41-42,44-45,51,54,65H,4-6,8,11,13,15,20,22,24,28,31,34,37,40,43,46-50,52-53,55-64H2,1-3H3/b10-7-,12-9-,17-14-,19-16-,21-18-,26-23-,27-25-,30-29-,33-32-,36-35-,39-38-,44-41-,45-42-,54-51-. The number of allylic oxidation sites excluding steroid dienone is 28. The molecule has 0 aliphatic heterocycles. The van der Waals surface area contributed by atoms with E-state index >= 15 is 0 Å². The average molecular weight is 1020 g/mol. The lowest BCUT2D eigenvalue weighted by Gasteiger charge is -2.18. The van der Waals surface area contributed by atoms with E-state index in [2.05, 4.69) is 179 Å². The van der Waals surface area contributed by atoms with Gasteiger partial charge in [-0.15, -0.1) is 0 Å². The maximum Gasteiger partial charge on any atom is 0.306 e. The highest BCUT2D eigenvalue weighted by Gasteiger charge is 2.19. The first-order valence-corrected chi connectivity index (χ1v) is 29.1. The molecule has 1 atom stereocenters. The van der Waals surface area contributed by atoms with Crippen LogP contribution in [0.25, 0.3) is 0 Å². The highest BCUT2D eigenvalue weighted by molar-refractivity contribution is 5.71. The van der Waals surface area contributed by atoms with Crippen LogP contribution in [0.5, 0.6) is 0 Å². The third-order valence-corrected chi connectivity index (χ3v) is 11.4. The summed E-state index contributed by atoms with van der Waals surface area (Å²) in [6, 6.07) is 0. The summed E-state index contributed by atoms with van der Waals surface area (Å²) in [5.74, 6) is -1.06. The molecule has 1 unspecified atom stereocenters. The highest BCUT2D eigenvalue weighted by atomic mass is 16.6. The fourth-order valence-corrected chi connectivity index (χ4v) is 7.13. The van der Waals surface area contributed by atoms with Gasteiger partial charge in [-0.25, -0.2) is 0 Å². The summed E-state index contributed by atoms with van der Waals surface area (Å²) in [7, 11) is 0. The van der Waals surface area contributed by atoms with E-state index in [1.54, 1.807) is 0 Å². The van der Waals surface area contributed by atoms with E-state index in [-0.39, 0.29) is 44.0 Å². The SMILES string of the molecule is CC/C=C\C/C=C\C/C=C\C/C=C\C/C=C\C/C=C\C/C=C\C/C=C\CCCCCCC(=O)OCC(COC(=O)CC/C=C\C/C=C\C/C=C\C/C=C\CC)OC(=O)CCCCCCC/C=C\C/C=C\CCCC. The van der Waals surface area contributed by atoms with Crippen molar-refractivity contribution >= 4 is 17.9 Å². The van der Waals surface area contributed by atoms with Crippen LogP contribution in [0.4, 0.5) is 0 Å². The fraction of sp³-hybridized carbons (Fsp3) is 0.544. The molecule has 6 nitrogen and oxygen atoms in total. The summed E-state index contributed by atoms with van der Waals surface area (Å²) in [4.78, 5) is 38.1. The largest absolute Gasteiger partial charge is 0.462 e. The van der Waals surface area contributed by atoms with Crippen LogP contribution in [0.3, 0.4) is 0 Å². The smallest absolute Gasteiger partial charge is 0.306 e. The molecule has 0 aromatic rings. The van der Waals surface area contributed by atoms with Crippen molar-refractivity contribution in [2.24, 2.45) is 0 Å². The molecule has 74 heavy (non-hydrogen) atoms. The zero-order valence-electron chi connectivity index (χ0n) is 47.0. The molecule has 0 aromatic heterocycles. The van der Waals surface area contributed by atoms with Crippen molar-refractivity contribution in [2.45, 2.75) is 226 Å². The van der Waals surface area contributed by atoms with Crippen LogP contribution in [-0.4, -0.2) is 37.2 Å². The molecule has 0 spiro atoms. The van der Waals surface area contributed by atoms with Crippen molar-refractivity contribution in [3.05, 3.63) is 170 Å². The second kappa shape index (κ2) is 60.3. The van der Waals surface area contributed by atoms with Crippen LogP contribution in [0.1, 0.15) is 220 Å². The van der Waals surface area contributed by atoms with Gasteiger partial charge in [0.05, 0.1) is 0 Å². The normalized spacial score (nSPS) is 13.4. The summed E-state index contributed by atoms with van der Waals surface area (Å²) in [5.41, 5.74) is 0. The maximum atomic E-state index is 12.8. The minimum Gasteiger partial charge on any atom is -0.462 e. The molecule has 0 aliphatic carbocycles. The quantitative estimate of drug-likeness (QED) is 0.0261. The molecule has 0 saturated carbocycles. The van der Waals surface area contributed by atoms with Crippen molar-refractivity contribution in [3.8, 4) is 0 Å². The Labute approximate surface area is 453 Å². The number of ether oxygens (including phenoxy) is 3. The summed E-state index contributed by atoms with van der Waals surface area (Å²) in [5, 5.41) is 0. The van der Waals surface area contributed by atoms with E-state index in [9.17, 15) is 14.4 Å². The summed E-state index contributed by atoms with van der Waals surface area (Å²) in [6.45, 7) is 6.24. The zero-order chi connectivity index (χ0) is 53.6. The van der Waals surface area contributed by atoms with Gasteiger partial charge in [-0.1, -0.05) is 236 Å². The van der Waals surface area contributed by atoms with Gasteiger partial charge in [0.1, 0.15) is 13.2 Å². The lowest BCUT2D eigenvalue weighted by atomic mass is 10.1. The van der Waals surface area contributed by atoms with E-state index in [1.165, 1.54) is 19.3 Å². The van der Waals surface area contributed by atoms with Gasteiger partial charge in [0.15, 0.2) is 6.10 Å². The van der Waals surface area contributed by atoms with Crippen LogP contribution >= 0.6 is 0 Å². The van der Waals surface area contributed by atoms with E-state index in [4.69, 9.17) is 14.2 Å². The molecule has 0 saturated heterocycles. The molecule has 0 aromatic carbocycles. The monoisotopic (exact) mass is 1020 g/mol. The van der Waals surface area contributed by atoms with Gasteiger partial charge in [-0.3, -0.25) is 14.4 Å². The Morgan fingerprint density at radius 1 is 0.284 bits per heavy atom. The molecule has 6 heteroatoms. The van der Waals surface area contributed by atoms with Gasteiger partial charge in [0.25, 0.3) is 0 Å². The summed E-state index contributed by atoms with van der Waals surface area (Å²) in [6.07, 6.45) is 89.3. The van der Waals surface area contributed by atoms with E-state index in [1.807, 2.05) is 12.2 Å². The van der Waals surface area contributed by atoms with Crippen LogP contribution in [-0.2, 0) is 28.6 Å². The summed E-state index contributed by atoms with van der Waals surface area (Å²) < 4.78 is 16.7. The molecule has 0 radical (unpaired) electrons. The predicted molar refractivity (Wildman–Crippen MR) is 320 cm³/mol. The first-order chi connectivity index (χ1) is 36.5. The van der Waals surface area contributed by atoms with E-state index < -0.39 is 6.10 Å². The fourth-order valence-electron chi connectivity index (χ4n) is 7.13. The minimum absolute atomic E-state index is 0.128. The van der Waals surface area contributed by atoms with Crippen LogP contribution in [0.15, 0.2) is 170 Å². The van der Waals surface area contributed by atoms with Crippen LogP contribution in [0, 0.1) is 0 Å². The Kier molecular flexibility index (Phi) is 56.1. The number of carbonyl (C=O) groups is 3. The molecular weight excluding hydrogens is 913 g/mol. The Hall–Kier alpha value is -5.23. The van der Waals surface area contributed by atoms with Gasteiger partial charge >= 0.3 is 17.9 Å². The maximum absolute atomic E-state index is 12.8. The Morgan fingerprint density at radius 2 is 0.554 bits per heavy atom. The van der Waals surface area contributed by atoms with Gasteiger partial charge in [0.2, 0.25) is 0 Å². The average Bonchev–Trinajstić information content (AvgIpc) is 3.40. The number of rotatable bonds is 50. The molecule has 0 fully saturated rings. The highest BCUT2D eigenvalue weighted by Crippen LogP contribution is 2.12. The molecule has 0 N–H and O–H groups in total. The van der Waals surface area contributed by atoms with E-state index in [0.717, 1.165) is 154 Å². The topological polar surface area (TPSA) is 78.9 Å². The lowest BCUT2D eigenvalue weighted by molar-refractivity contribution is -0.166. The Balaban J connectivity index is 4.45. The van der Waals surface area contributed by atoms with Crippen molar-refractivity contribution < 1.29 is 28.6 Å². The number of hydrogen-bond acceptors (Lipinski definition) is 6. The number of carbonyl (C=O) groups excluding carboxylic acids is 3. The first kappa shape index (κ1) is 68.8. The van der Waals surface area contributed by atoms with Crippen LogP contribution < -0.4 is 0 Å². The number of unbranched alkanes of at least 4 members (excludes halogenated alkanes) is 11. The number of esters is 3. The molecule has 0 heterocycles. The molecule has 0 amide bonds. The lowest BCUT2D eigenvalue weighted by Crippen LogP contribution is -2.30. The Bertz CT molecular complexity index is 1740.